The minimum absolute atomic E-state index is 0.121. The van der Waals surface area contributed by atoms with Crippen LogP contribution in [0, 0.1) is 17.8 Å². The highest BCUT2D eigenvalue weighted by molar-refractivity contribution is 6.35. The number of hydrogen-bond acceptors (Lipinski definition) is 4. The summed E-state index contributed by atoms with van der Waals surface area (Å²) in [6.45, 7) is 6.02. The molecule has 0 radical (unpaired) electrons. The van der Waals surface area contributed by atoms with E-state index in [0.717, 1.165) is 19.3 Å². The Balaban J connectivity index is 1.91. The molecule has 0 aliphatic heterocycles. The molecule has 1 aromatic rings. The van der Waals surface area contributed by atoms with Crippen molar-refractivity contribution in [1.82, 2.24) is 0 Å². The van der Waals surface area contributed by atoms with Gasteiger partial charge in [-0.3, -0.25) is 0 Å². The fraction of sp³-hybridized carbons (Fsp3) is 0.579. The first kappa shape index (κ1) is 20.1. The van der Waals surface area contributed by atoms with Gasteiger partial charge >= 0.3 is 11.9 Å². The van der Waals surface area contributed by atoms with Gasteiger partial charge in [-0.25, -0.2) is 9.59 Å². The Morgan fingerprint density at radius 3 is 2.64 bits per heavy atom. The number of ether oxygens (including phenoxy) is 2. The van der Waals surface area contributed by atoms with Crippen LogP contribution in [0.1, 0.15) is 50.4 Å². The van der Waals surface area contributed by atoms with Gasteiger partial charge in [0, 0.05) is 5.02 Å². The van der Waals surface area contributed by atoms with Gasteiger partial charge in [0.25, 0.3) is 0 Å². The van der Waals surface area contributed by atoms with Crippen molar-refractivity contribution in [3.8, 4) is 0 Å². The Kier molecular flexibility index (Phi) is 7.14. The molecule has 6 heteroatoms. The van der Waals surface area contributed by atoms with Crippen molar-refractivity contribution in [2.45, 2.75) is 46.1 Å². The zero-order chi connectivity index (χ0) is 18.6. The summed E-state index contributed by atoms with van der Waals surface area (Å²) in [5.41, 5.74) is 0.133. The van der Waals surface area contributed by atoms with Crippen molar-refractivity contribution in [1.29, 1.82) is 0 Å². The molecule has 1 aromatic carbocycles. The summed E-state index contributed by atoms with van der Waals surface area (Å²) in [6, 6.07) is 4.50. The van der Waals surface area contributed by atoms with Crippen LogP contribution in [0.25, 0.3) is 0 Å². The van der Waals surface area contributed by atoms with E-state index >= 15 is 0 Å². The molecular formula is C19H24Cl2O4. The molecule has 1 aliphatic rings. The summed E-state index contributed by atoms with van der Waals surface area (Å²) in [5, 5.41) is 0.596. The van der Waals surface area contributed by atoms with E-state index in [1.807, 2.05) is 0 Å². The van der Waals surface area contributed by atoms with Crippen molar-refractivity contribution in [3.05, 3.63) is 33.8 Å². The van der Waals surface area contributed by atoms with E-state index in [2.05, 4.69) is 20.8 Å². The highest BCUT2D eigenvalue weighted by atomic mass is 35.5. The van der Waals surface area contributed by atoms with Crippen LogP contribution >= 0.6 is 23.2 Å². The fourth-order valence-corrected chi connectivity index (χ4v) is 3.68. The Morgan fingerprint density at radius 1 is 1.24 bits per heavy atom. The second-order valence-corrected chi connectivity index (χ2v) is 7.90. The zero-order valence-electron chi connectivity index (χ0n) is 14.8. The van der Waals surface area contributed by atoms with Crippen LogP contribution < -0.4 is 0 Å². The maximum absolute atomic E-state index is 12.1. The van der Waals surface area contributed by atoms with Gasteiger partial charge in [0.15, 0.2) is 6.61 Å². The van der Waals surface area contributed by atoms with E-state index in [9.17, 15) is 9.59 Å². The summed E-state index contributed by atoms with van der Waals surface area (Å²) >= 11 is 11.8. The molecule has 3 atom stereocenters. The van der Waals surface area contributed by atoms with Crippen LogP contribution in [-0.2, 0) is 14.3 Å². The fourth-order valence-electron chi connectivity index (χ4n) is 3.31. The lowest BCUT2D eigenvalue weighted by atomic mass is 9.75. The molecular weight excluding hydrogens is 363 g/mol. The van der Waals surface area contributed by atoms with Gasteiger partial charge in [0.1, 0.15) is 6.10 Å². The SMILES string of the molecule is CC(C)[C@@H]1CC[C@@H](C)C[C@@H]1OC(=O)COC(=O)c1cc(Cl)ccc1Cl. The third-order valence-corrected chi connectivity index (χ3v) is 5.28. The first-order valence-electron chi connectivity index (χ1n) is 8.59. The topological polar surface area (TPSA) is 52.6 Å². The maximum Gasteiger partial charge on any atom is 0.344 e. The predicted octanol–water partition coefficient (Wildman–Crippen LogP) is 5.15. The van der Waals surface area contributed by atoms with E-state index in [0.29, 0.717) is 22.8 Å². The zero-order valence-corrected chi connectivity index (χ0v) is 16.3. The molecule has 0 heterocycles. The largest absolute Gasteiger partial charge is 0.460 e. The third kappa shape index (κ3) is 5.61. The minimum atomic E-state index is -0.693. The Labute approximate surface area is 158 Å². The van der Waals surface area contributed by atoms with Crippen LogP contribution in [0.5, 0.6) is 0 Å². The molecule has 0 amide bonds. The van der Waals surface area contributed by atoms with Crippen LogP contribution in [-0.4, -0.2) is 24.6 Å². The average Bonchev–Trinajstić information content (AvgIpc) is 2.54. The van der Waals surface area contributed by atoms with Crippen molar-refractivity contribution in [3.63, 3.8) is 0 Å². The summed E-state index contributed by atoms with van der Waals surface area (Å²) in [7, 11) is 0. The number of halogens is 2. The smallest absolute Gasteiger partial charge is 0.344 e. The molecule has 25 heavy (non-hydrogen) atoms. The lowest BCUT2D eigenvalue weighted by Crippen LogP contribution is -2.36. The molecule has 0 spiro atoms. The highest BCUT2D eigenvalue weighted by Gasteiger charge is 2.33. The number of carbonyl (C=O) groups is 2. The summed E-state index contributed by atoms with van der Waals surface area (Å²) in [5.74, 6) is 0.0927. The van der Waals surface area contributed by atoms with Crippen LogP contribution in [0.2, 0.25) is 10.0 Å². The Bertz CT molecular complexity index is 630. The number of carbonyl (C=O) groups excluding carboxylic acids is 2. The van der Waals surface area contributed by atoms with Crippen molar-refractivity contribution in [2.75, 3.05) is 6.61 Å². The molecule has 4 nitrogen and oxygen atoms in total. The average molecular weight is 387 g/mol. The molecule has 2 rings (SSSR count). The second-order valence-electron chi connectivity index (χ2n) is 7.05. The minimum Gasteiger partial charge on any atom is -0.460 e. The summed E-state index contributed by atoms with van der Waals surface area (Å²) in [6.07, 6.45) is 2.93. The molecule has 0 unspecified atom stereocenters. The Hall–Kier alpha value is -1.26. The van der Waals surface area contributed by atoms with Gasteiger partial charge < -0.3 is 9.47 Å². The number of benzene rings is 1. The van der Waals surface area contributed by atoms with E-state index in [-0.39, 0.29) is 16.7 Å². The lowest BCUT2D eigenvalue weighted by Gasteiger charge is -2.36. The number of hydrogen-bond donors (Lipinski definition) is 0. The molecule has 138 valence electrons. The van der Waals surface area contributed by atoms with E-state index in [4.69, 9.17) is 32.7 Å². The normalized spacial score (nSPS) is 23.4. The van der Waals surface area contributed by atoms with E-state index < -0.39 is 18.5 Å². The van der Waals surface area contributed by atoms with E-state index in [1.54, 1.807) is 6.07 Å². The van der Waals surface area contributed by atoms with Crippen LogP contribution in [0.15, 0.2) is 18.2 Å². The second kappa shape index (κ2) is 8.91. The number of rotatable bonds is 5. The molecule has 0 bridgehead atoms. The molecule has 1 saturated carbocycles. The summed E-state index contributed by atoms with van der Waals surface area (Å²) < 4.78 is 10.6. The maximum atomic E-state index is 12.1. The van der Waals surface area contributed by atoms with Gasteiger partial charge in [0.05, 0.1) is 10.6 Å². The first-order chi connectivity index (χ1) is 11.8. The molecule has 0 N–H and O–H groups in total. The predicted molar refractivity (Wildman–Crippen MR) is 98.0 cm³/mol. The van der Waals surface area contributed by atoms with Gasteiger partial charge in [-0.05, 0) is 48.8 Å². The molecule has 1 fully saturated rings. The van der Waals surface area contributed by atoms with Gasteiger partial charge in [-0.15, -0.1) is 0 Å². The molecule has 0 aromatic heterocycles. The monoisotopic (exact) mass is 386 g/mol. The first-order valence-corrected chi connectivity index (χ1v) is 9.35. The Morgan fingerprint density at radius 2 is 1.96 bits per heavy atom. The van der Waals surface area contributed by atoms with E-state index in [1.165, 1.54) is 12.1 Å². The number of esters is 2. The van der Waals surface area contributed by atoms with Crippen molar-refractivity contribution in [2.24, 2.45) is 17.8 Å². The van der Waals surface area contributed by atoms with Crippen LogP contribution in [0.4, 0.5) is 0 Å². The van der Waals surface area contributed by atoms with Gasteiger partial charge in [0.2, 0.25) is 0 Å². The third-order valence-electron chi connectivity index (χ3n) is 4.71. The van der Waals surface area contributed by atoms with Gasteiger partial charge in [-0.2, -0.15) is 0 Å². The highest BCUT2D eigenvalue weighted by Crippen LogP contribution is 2.35. The summed E-state index contributed by atoms with van der Waals surface area (Å²) in [4.78, 5) is 24.2. The standard InChI is InChI=1S/C19H24Cl2O4/c1-11(2)14-6-4-12(3)8-17(14)25-18(22)10-24-19(23)15-9-13(20)5-7-16(15)21/h5,7,9,11-12,14,17H,4,6,8,10H2,1-3H3/t12-,14+,17+/m1/s1. The van der Waals surface area contributed by atoms with Crippen molar-refractivity contribution >= 4 is 35.1 Å². The molecule has 0 saturated heterocycles. The van der Waals surface area contributed by atoms with Crippen molar-refractivity contribution < 1.29 is 19.1 Å². The van der Waals surface area contributed by atoms with Gasteiger partial charge in [-0.1, -0.05) is 50.4 Å². The quantitative estimate of drug-likeness (QED) is 0.656. The molecule has 1 aliphatic carbocycles. The lowest BCUT2D eigenvalue weighted by molar-refractivity contribution is -0.159. The van der Waals surface area contributed by atoms with Crippen LogP contribution in [0.3, 0.4) is 0 Å².